The van der Waals surface area contributed by atoms with Crippen LogP contribution in [-0.2, 0) is 4.74 Å². The first kappa shape index (κ1) is 20.1. The van der Waals surface area contributed by atoms with Crippen LogP contribution in [0.2, 0.25) is 0 Å². The lowest BCUT2D eigenvalue weighted by atomic mass is 10.1. The van der Waals surface area contributed by atoms with Gasteiger partial charge in [0.1, 0.15) is 17.5 Å². The fourth-order valence-electron chi connectivity index (χ4n) is 2.95. The van der Waals surface area contributed by atoms with Crippen LogP contribution in [0.1, 0.15) is 33.6 Å². The minimum absolute atomic E-state index is 0.0485. The number of nitro groups is 1. The van der Waals surface area contributed by atoms with Crippen molar-refractivity contribution in [3.63, 3.8) is 0 Å². The minimum atomic E-state index is -0.491. The number of amides is 1. The van der Waals surface area contributed by atoms with Crippen molar-refractivity contribution in [2.24, 2.45) is 0 Å². The zero-order chi connectivity index (χ0) is 20.3. The molecule has 0 spiro atoms. The summed E-state index contributed by atoms with van der Waals surface area (Å²) in [6.45, 7) is 6.80. The van der Waals surface area contributed by atoms with E-state index in [0.29, 0.717) is 13.1 Å². The second-order valence-electron chi connectivity index (χ2n) is 7.70. The summed E-state index contributed by atoms with van der Waals surface area (Å²) in [5.74, 6) is 0.755. The van der Waals surface area contributed by atoms with Crippen molar-refractivity contribution in [2.75, 3.05) is 13.1 Å². The lowest BCUT2D eigenvalue weighted by Gasteiger charge is -2.33. The van der Waals surface area contributed by atoms with Gasteiger partial charge in [-0.05, 0) is 56.7 Å². The number of hydrogen-bond acceptors (Lipinski definition) is 6. The van der Waals surface area contributed by atoms with Gasteiger partial charge in [-0.25, -0.2) is 4.79 Å². The van der Waals surface area contributed by atoms with Gasteiger partial charge in [-0.15, -0.1) is 0 Å². The van der Waals surface area contributed by atoms with Gasteiger partial charge in [-0.2, -0.15) is 0 Å². The van der Waals surface area contributed by atoms with E-state index in [1.807, 2.05) is 45.0 Å². The second kappa shape index (κ2) is 8.18. The summed E-state index contributed by atoms with van der Waals surface area (Å²) in [4.78, 5) is 25.1. The molecule has 1 aromatic heterocycles. The molecule has 0 aliphatic carbocycles. The van der Waals surface area contributed by atoms with E-state index in [1.165, 1.54) is 6.07 Å². The van der Waals surface area contributed by atoms with Crippen LogP contribution >= 0.6 is 11.3 Å². The van der Waals surface area contributed by atoms with E-state index < -0.39 is 5.60 Å². The Kier molecular flexibility index (Phi) is 5.88. The van der Waals surface area contributed by atoms with E-state index >= 15 is 0 Å². The molecule has 0 radical (unpaired) electrons. The third-order valence-corrected chi connectivity index (χ3v) is 5.39. The van der Waals surface area contributed by atoms with Gasteiger partial charge >= 0.3 is 11.1 Å². The fourth-order valence-corrected chi connectivity index (χ4v) is 3.78. The lowest BCUT2D eigenvalue weighted by Crippen LogP contribution is -2.44. The maximum Gasteiger partial charge on any atom is 0.410 e. The number of ether oxygens (including phenoxy) is 2. The zero-order valence-corrected chi connectivity index (χ0v) is 17.0. The highest BCUT2D eigenvalue weighted by molar-refractivity contribution is 7.18. The van der Waals surface area contributed by atoms with Crippen LogP contribution in [0.5, 0.6) is 5.75 Å². The first-order valence-corrected chi connectivity index (χ1v) is 10.0. The monoisotopic (exact) mass is 404 g/mol. The topological polar surface area (TPSA) is 81.9 Å². The van der Waals surface area contributed by atoms with Gasteiger partial charge in [0.05, 0.1) is 4.92 Å². The van der Waals surface area contributed by atoms with Crippen molar-refractivity contribution < 1.29 is 19.2 Å². The van der Waals surface area contributed by atoms with E-state index in [0.717, 1.165) is 40.4 Å². The van der Waals surface area contributed by atoms with Crippen LogP contribution in [0.4, 0.5) is 9.80 Å². The fraction of sp³-hybridized carbons (Fsp3) is 0.450. The van der Waals surface area contributed by atoms with Gasteiger partial charge in [0.25, 0.3) is 0 Å². The number of rotatable bonds is 4. The first-order valence-electron chi connectivity index (χ1n) is 9.20. The molecule has 8 heteroatoms. The summed E-state index contributed by atoms with van der Waals surface area (Å²) in [6, 6.07) is 10.8. The van der Waals surface area contributed by atoms with Crippen LogP contribution in [0.15, 0.2) is 36.4 Å². The van der Waals surface area contributed by atoms with Crippen molar-refractivity contribution in [1.29, 1.82) is 0 Å². The molecule has 2 heterocycles. The zero-order valence-electron chi connectivity index (χ0n) is 16.2. The Labute approximate surface area is 168 Å². The molecule has 150 valence electrons. The molecule has 0 atom stereocenters. The van der Waals surface area contributed by atoms with Crippen LogP contribution in [0.25, 0.3) is 10.4 Å². The lowest BCUT2D eigenvalue weighted by molar-refractivity contribution is -0.380. The number of benzene rings is 1. The van der Waals surface area contributed by atoms with Crippen molar-refractivity contribution in [1.82, 2.24) is 4.90 Å². The quantitative estimate of drug-likeness (QED) is 0.523. The molecule has 2 aromatic rings. The van der Waals surface area contributed by atoms with E-state index in [2.05, 4.69) is 0 Å². The maximum atomic E-state index is 12.1. The number of hydrogen-bond donors (Lipinski definition) is 0. The standard InChI is InChI=1S/C20H24N2O5S/c1-20(2,3)27-19(23)21-12-10-16(11-13-21)26-15-6-4-14(5-7-15)17-8-9-18(28-17)22(24)25/h4-9,16H,10-13H2,1-3H3. The van der Waals surface area contributed by atoms with Crippen molar-refractivity contribution in [3.8, 4) is 16.2 Å². The molecule has 1 aliphatic heterocycles. The Balaban J connectivity index is 1.52. The summed E-state index contributed by atoms with van der Waals surface area (Å²) in [6.07, 6.45) is 1.27. The van der Waals surface area contributed by atoms with Crippen molar-refractivity contribution in [2.45, 2.75) is 45.3 Å². The van der Waals surface area contributed by atoms with Gasteiger partial charge in [0.2, 0.25) is 0 Å². The molecule has 1 aromatic carbocycles. The number of nitrogens with zero attached hydrogens (tertiary/aromatic N) is 2. The highest BCUT2D eigenvalue weighted by Crippen LogP contribution is 2.33. The number of carbonyl (C=O) groups excluding carboxylic acids is 1. The first-order chi connectivity index (χ1) is 13.2. The largest absolute Gasteiger partial charge is 0.490 e. The number of carbonyl (C=O) groups is 1. The SMILES string of the molecule is CC(C)(C)OC(=O)N1CCC(Oc2ccc(-c3ccc([N+](=O)[O-])s3)cc2)CC1. The van der Waals surface area contributed by atoms with E-state index in [9.17, 15) is 14.9 Å². The highest BCUT2D eigenvalue weighted by Gasteiger charge is 2.27. The van der Waals surface area contributed by atoms with Crippen molar-refractivity contribution >= 4 is 22.4 Å². The molecule has 7 nitrogen and oxygen atoms in total. The van der Waals surface area contributed by atoms with Crippen LogP contribution in [0, 0.1) is 10.1 Å². The summed E-state index contributed by atoms with van der Waals surface area (Å²) >= 11 is 1.15. The summed E-state index contributed by atoms with van der Waals surface area (Å²) in [5, 5.41) is 10.9. The van der Waals surface area contributed by atoms with Gasteiger partial charge in [-0.3, -0.25) is 10.1 Å². The predicted molar refractivity (Wildman–Crippen MR) is 108 cm³/mol. The Hall–Kier alpha value is -2.61. The number of piperidine rings is 1. The Bertz CT molecular complexity index is 833. The van der Waals surface area contributed by atoms with Crippen LogP contribution < -0.4 is 4.74 Å². The summed E-state index contributed by atoms with van der Waals surface area (Å²) in [5.41, 5.74) is 0.431. The molecule has 28 heavy (non-hydrogen) atoms. The van der Waals surface area contributed by atoms with E-state index in [1.54, 1.807) is 11.0 Å². The molecule has 0 unspecified atom stereocenters. The average molecular weight is 404 g/mol. The van der Waals surface area contributed by atoms with Gasteiger partial charge in [0, 0.05) is 36.9 Å². The molecule has 1 saturated heterocycles. The van der Waals surface area contributed by atoms with Gasteiger partial charge in [-0.1, -0.05) is 11.3 Å². The summed E-state index contributed by atoms with van der Waals surface area (Å²) < 4.78 is 11.4. The van der Waals surface area contributed by atoms with Crippen LogP contribution in [0.3, 0.4) is 0 Å². The molecular formula is C20H24N2O5S. The highest BCUT2D eigenvalue weighted by atomic mass is 32.1. The number of likely N-dealkylation sites (tertiary alicyclic amines) is 1. The normalized spacial score (nSPS) is 15.3. The average Bonchev–Trinajstić information content (AvgIpc) is 3.12. The predicted octanol–water partition coefficient (Wildman–Crippen LogP) is 5.10. The molecule has 0 saturated carbocycles. The third-order valence-electron chi connectivity index (χ3n) is 4.31. The van der Waals surface area contributed by atoms with Crippen molar-refractivity contribution in [3.05, 3.63) is 46.5 Å². The molecule has 1 fully saturated rings. The molecule has 1 aliphatic rings. The molecule has 0 bridgehead atoms. The minimum Gasteiger partial charge on any atom is -0.490 e. The molecule has 1 amide bonds. The van der Waals surface area contributed by atoms with Gasteiger partial charge < -0.3 is 14.4 Å². The number of thiophene rings is 1. The molecule has 0 N–H and O–H groups in total. The van der Waals surface area contributed by atoms with E-state index in [-0.39, 0.29) is 22.1 Å². The Morgan fingerprint density at radius 3 is 2.32 bits per heavy atom. The summed E-state index contributed by atoms with van der Waals surface area (Å²) in [7, 11) is 0. The maximum absolute atomic E-state index is 12.1. The Morgan fingerprint density at radius 1 is 1.14 bits per heavy atom. The molecule has 3 rings (SSSR count). The molecular weight excluding hydrogens is 380 g/mol. The van der Waals surface area contributed by atoms with E-state index in [4.69, 9.17) is 9.47 Å². The van der Waals surface area contributed by atoms with Gasteiger partial charge in [0.15, 0.2) is 0 Å². The smallest absolute Gasteiger partial charge is 0.410 e. The Morgan fingerprint density at radius 2 is 1.79 bits per heavy atom. The second-order valence-corrected chi connectivity index (χ2v) is 8.77. The third kappa shape index (κ3) is 5.22. The van der Waals surface area contributed by atoms with Crippen LogP contribution in [-0.4, -0.2) is 40.7 Å².